The van der Waals surface area contributed by atoms with E-state index in [2.05, 4.69) is 16.4 Å². The van der Waals surface area contributed by atoms with Crippen LogP contribution >= 0.6 is 0 Å². The fourth-order valence-corrected chi connectivity index (χ4v) is 3.47. The summed E-state index contributed by atoms with van der Waals surface area (Å²) in [5.74, 6) is 0.442. The molecule has 1 atom stereocenters. The van der Waals surface area contributed by atoms with E-state index in [-0.39, 0.29) is 12.0 Å². The van der Waals surface area contributed by atoms with Gasteiger partial charge < -0.3 is 19.4 Å². The summed E-state index contributed by atoms with van der Waals surface area (Å²) < 4.78 is 13.5. The minimum Gasteiger partial charge on any atom is -0.490 e. The summed E-state index contributed by atoms with van der Waals surface area (Å²) in [7, 11) is 0. The van der Waals surface area contributed by atoms with Crippen LogP contribution in [-0.4, -0.2) is 34.8 Å². The molecular formula is C23H25N3O3. The van der Waals surface area contributed by atoms with Gasteiger partial charge in [-0.15, -0.1) is 0 Å². The predicted molar refractivity (Wildman–Crippen MR) is 110 cm³/mol. The Morgan fingerprint density at radius 1 is 1.17 bits per heavy atom. The van der Waals surface area contributed by atoms with Crippen LogP contribution in [-0.2, 0) is 17.8 Å². The number of hydrogen-bond acceptors (Lipinski definition) is 4. The van der Waals surface area contributed by atoms with Gasteiger partial charge in [0.05, 0.1) is 18.0 Å². The molecule has 1 amide bonds. The van der Waals surface area contributed by atoms with E-state index in [1.54, 1.807) is 18.6 Å². The molecule has 0 radical (unpaired) electrons. The topological polar surface area (TPSA) is 65.4 Å². The Morgan fingerprint density at radius 3 is 2.79 bits per heavy atom. The average molecular weight is 391 g/mol. The smallest absolute Gasteiger partial charge is 0.255 e. The zero-order valence-electron chi connectivity index (χ0n) is 16.3. The van der Waals surface area contributed by atoms with E-state index in [0.717, 1.165) is 30.6 Å². The van der Waals surface area contributed by atoms with Crippen LogP contribution in [0.15, 0.2) is 67.3 Å². The molecule has 0 bridgehead atoms. The summed E-state index contributed by atoms with van der Waals surface area (Å²) >= 11 is 0. The van der Waals surface area contributed by atoms with Gasteiger partial charge >= 0.3 is 0 Å². The van der Waals surface area contributed by atoms with Crippen LogP contribution in [0.2, 0.25) is 0 Å². The van der Waals surface area contributed by atoms with Crippen molar-refractivity contribution in [1.82, 2.24) is 14.9 Å². The third-order valence-corrected chi connectivity index (χ3v) is 5.05. The lowest BCUT2D eigenvalue weighted by Gasteiger charge is -2.15. The van der Waals surface area contributed by atoms with E-state index < -0.39 is 0 Å². The summed E-state index contributed by atoms with van der Waals surface area (Å²) in [4.78, 5) is 16.9. The lowest BCUT2D eigenvalue weighted by molar-refractivity contribution is 0.0670. The molecule has 1 fully saturated rings. The fourth-order valence-electron chi connectivity index (χ4n) is 3.47. The number of carbonyl (C=O) groups excluding carboxylic acids is 1. The van der Waals surface area contributed by atoms with Crippen LogP contribution in [0.25, 0.3) is 0 Å². The van der Waals surface area contributed by atoms with E-state index >= 15 is 0 Å². The summed E-state index contributed by atoms with van der Waals surface area (Å²) in [5.41, 5.74) is 2.76. The lowest BCUT2D eigenvalue weighted by atomic mass is 10.1. The molecule has 3 aromatic rings. The summed E-state index contributed by atoms with van der Waals surface area (Å²) in [6.45, 7) is 2.42. The largest absolute Gasteiger partial charge is 0.490 e. The number of nitrogens with one attached hydrogen (secondary N) is 1. The average Bonchev–Trinajstić information content (AvgIpc) is 3.46. The van der Waals surface area contributed by atoms with Gasteiger partial charge in [-0.3, -0.25) is 4.79 Å². The van der Waals surface area contributed by atoms with Crippen LogP contribution in [0, 0.1) is 0 Å². The Kier molecular flexibility index (Phi) is 6.22. The monoisotopic (exact) mass is 391 g/mol. The third kappa shape index (κ3) is 5.03. The Bertz CT molecular complexity index is 934. The van der Waals surface area contributed by atoms with Crippen LogP contribution in [0.3, 0.4) is 0 Å². The number of imidazole rings is 1. The lowest BCUT2D eigenvalue weighted by Crippen LogP contribution is -2.25. The second kappa shape index (κ2) is 9.39. The molecule has 0 aliphatic carbocycles. The van der Waals surface area contributed by atoms with Gasteiger partial charge in [0.25, 0.3) is 5.91 Å². The highest BCUT2D eigenvalue weighted by molar-refractivity contribution is 5.96. The van der Waals surface area contributed by atoms with Gasteiger partial charge in [-0.2, -0.15) is 0 Å². The van der Waals surface area contributed by atoms with Crippen molar-refractivity contribution in [3.63, 3.8) is 0 Å². The van der Waals surface area contributed by atoms with Crippen molar-refractivity contribution in [3.8, 4) is 5.75 Å². The van der Waals surface area contributed by atoms with Crippen molar-refractivity contribution >= 4 is 5.91 Å². The summed E-state index contributed by atoms with van der Waals surface area (Å²) in [6, 6.07) is 15.4. The molecule has 1 N–H and O–H groups in total. The number of hydrogen-bond donors (Lipinski definition) is 1. The molecule has 2 aromatic carbocycles. The van der Waals surface area contributed by atoms with Crippen molar-refractivity contribution in [2.45, 2.75) is 32.0 Å². The minimum absolute atomic E-state index is 0.112. The number of para-hydroxylation sites is 1. The Hall–Kier alpha value is -3.12. The highest BCUT2D eigenvalue weighted by Crippen LogP contribution is 2.21. The highest BCUT2D eigenvalue weighted by Gasteiger charge is 2.18. The normalized spacial score (nSPS) is 15.9. The van der Waals surface area contributed by atoms with E-state index in [4.69, 9.17) is 9.47 Å². The fraction of sp³-hybridized carbons (Fsp3) is 0.304. The molecule has 150 valence electrons. The molecule has 1 aliphatic rings. The van der Waals surface area contributed by atoms with Gasteiger partial charge in [0.15, 0.2) is 0 Å². The first-order valence-electron chi connectivity index (χ1n) is 9.94. The van der Waals surface area contributed by atoms with E-state index in [1.165, 1.54) is 0 Å². The van der Waals surface area contributed by atoms with Gasteiger partial charge in [-0.05, 0) is 36.1 Å². The molecule has 1 aromatic heterocycles. The molecular weight excluding hydrogens is 366 g/mol. The maximum absolute atomic E-state index is 12.8. The number of benzene rings is 2. The van der Waals surface area contributed by atoms with Crippen molar-refractivity contribution in [3.05, 3.63) is 83.9 Å². The van der Waals surface area contributed by atoms with E-state index in [9.17, 15) is 4.79 Å². The van der Waals surface area contributed by atoms with Gasteiger partial charge in [0.1, 0.15) is 12.4 Å². The van der Waals surface area contributed by atoms with Crippen molar-refractivity contribution in [2.24, 2.45) is 0 Å². The first-order valence-corrected chi connectivity index (χ1v) is 9.94. The number of aromatic nitrogens is 2. The molecule has 0 saturated carbocycles. The van der Waals surface area contributed by atoms with Gasteiger partial charge in [-0.25, -0.2) is 4.98 Å². The highest BCUT2D eigenvalue weighted by atomic mass is 16.5. The van der Waals surface area contributed by atoms with Crippen LogP contribution in [0.1, 0.15) is 34.3 Å². The molecule has 0 spiro atoms. The quantitative estimate of drug-likeness (QED) is 0.639. The number of carbonyl (C=O) groups is 1. The van der Waals surface area contributed by atoms with Crippen molar-refractivity contribution in [2.75, 3.05) is 13.2 Å². The number of nitrogens with zero attached hydrogens (tertiary/aromatic N) is 2. The number of rotatable bonds is 8. The SMILES string of the molecule is O=C(NCc1ccccc1Cn1ccnc1)c1ccccc1OCC1CCCO1. The first-order chi connectivity index (χ1) is 14.3. The Balaban J connectivity index is 1.40. The van der Waals surface area contributed by atoms with Crippen molar-refractivity contribution in [1.29, 1.82) is 0 Å². The van der Waals surface area contributed by atoms with Gasteiger partial charge in [0.2, 0.25) is 0 Å². The van der Waals surface area contributed by atoms with Gasteiger partial charge in [-0.1, -0.05) is 36.4 Å². The first kappa shape index (κ1) is 19.2. The summed E-state index contributed by atoms with van der Waals surface area (Å²) in [6.07, 6.45) is 7.66. The molecule has 6 nitrogen and oxygen atoms in total. The Morgan fingerprint density at radius 2 is 2.00 bits per heavy atom. The van der Waals surface area contributed by atoms with E-state index in [0.29, 0.717) is 31.0 Å². The molecule has 6 heteroatoms. The standard InChI is InChI=1S/C23H25N3O3/c27-23(21-9-3-4-10-22(21)29-16-20-8-5-13-28-20)25-14-18-6-1-2-7-19(18)15-26-12-11-24-17-26/h1-4,6-7,9-12,17,20H,5,8,13-16H2,(H,25,27). The Labute approximate surface area is 170 Å². The molecule has 2 heterocycles. The molecule has 4 rings (SSSR count). The third-order valence-electron chi connectivity index (χ3n) is 5.05. The number of ether oxygens (including phenoxy) is 2. The second-order valence-electron chi connectivity index (χ2n) is 7.13. The van der Waals surface area contributed by atoms with Gasteiger partial charge in [0, 0.05) is 32.1 Å². The zero-order chi connectivity index (χ0) is 19.9. The maximum Gasteiger partial charge on any atom is 0.255 e. The van der Waals surface area contributed by atoms with Crippen molar-refractivity contribution < 1.29 is 14.3 Å². The van der Waals surface area contributed by atoms with Crippen LogP contribution in [0.4, 0.5) is 0 Å². The summed E-state index contributed by atoms with van der Waals surface area (Å²) in [5, 5.41) is 3.03. The second-order valence-corrected chi connectivity index (χ2v) is 7.13. The zero-order valence-corrected chi connectivity index (χ0v) is 16.3. The molecule has 29 heavy (non-hydrogen) atoms. The predicted octanol–water partition coefficient (Wildman–Crippen LogP) is 3.42. The van der Waals surface area contributed by atoms with Crippen LogP contribution in [0.5, 0.6) is 5.75 Å². The number of amides is 1. The maximum atomic E-state index is 12.8. The molecule has 1 saturated heterocycles. The van der Waals surface area contributed by atoms with Crippen LogP contribution < -0.4 is 10.1 Å². The van der Waals surface area contributed by atoms with E-state index in [1.807, 2.05) is 47.2 Å². The molecule has 1 unspecified atom stereocenters. The molecule has 1 aliphatic heterocycles. The minimum atomic E-state index is -0.148.